The standard InChI is InChI=1S/C15H21FN2/c1-11(2)10-18-7-5-12(6-8-18)13-3-4-15(17)14(16)9-13/h3-5,9,11H,6-8,10,17H2,1-2H3. The van der Waals surface area contributed by atoms with Crippen LogP contribution in [-0.2, 0) is 0 Å². The van der Waals surface area contributed by atoms with E-state index in [-0.39, 0.29) is 11.5 Å². The van der Waals surface area contributed by atoms with Crippen LogP contribution in [0.3, 0.4) is 0 Å². The average Bonchev–Trinajstić information content (AvgIpc) is 2.33. The van der Waals surface area contributed by atoms with E-state index in [4.69, 9.17) is 5.73 Å². The molecule has 1 aromatic rings. The zero-order chi connectivity index (χ0) is 13.1. The van der Waals surface area contributed by atoms with E-state index in [1.807, 2.05) is 6.07 Å². The highest BCUT2D eigenvalue weighted by Crippen LogP contribution is 2.25. The third kappa shape index (κ3) is 3.10. The summed E-state index contributed by atoms with van der Waals surface area (Å²) in [6, 6.07) is 5.09. The highest BCUT2D eigenvalue weighted by molar-refractivity contribution is 5.68. The van der Waals surface area contributed by atoms with Crippen LogP contribution in [-0.4, -0.2) is 24.5 Å². The van der Waals surface area contributed by atoms with Crippen LogP contribution >= 0.6 is 0 Å². The van der Waals surface area contributed by atoms with E-state index in [0.29, 0.717) is 5.92 Å². The van der Waals surface area contributed by atoms with E-state index in [1.54, 1.807) is 12.1 Å². The van der Waals surface area contributed by atoms with E-state index < -0.39 is 0 Å². The predicted molar refractivity (Wildman–Crippen MR) is 74.7 cm³/mol. The molecule has 0 amide bonds. The first-order chi connectivity index (χ1) is 8.56. The Morgan fingerprint density at radius 2 is 2.17 bits per heavy atom. The minimum Gasteiger partial charge on any atom is -0.396 e. The van der Waals surface area contributed by atoms with Gasteiger partial charge in [-0.05, 0) is 35.6 Å². The van der Waals surface area contributed by atoms with Gasteiger partial charge < -0.3 is 5.73 Å². The third-order valence-corrected chi connectivity index (χ3v) is 3.29. The van der Waals surface area contributed by atoms with Crippen molar-refractivity contribution in [2.75, 3.05) is 25.4 Å². The summed E-state index contributed by atoms with van der Waals surface area (Å²) in [5, 5.41) is 0. The van der Waals surface area contributed by atoms with Crippen molar-refractivity contribution in [1.29, 1.82) is 0 Å². The van der Waals surface area contributed by atoms with E-state index in [1.165, 1.54) is 5.57 Å². The average molecular weight is 248 g/mol. The second-order valence-corrected chi connectivity index (χ2v) is 5.37. The van der Waals surface area contributed by atoms with Crippen LogP contribution in [0.2, 0.25) is 0 Å². The van der Waals surface area contributed by atoms with Crippen molar-refractivity contribution in [3.63, 3.8) is 0 Å². The number of nitrogens with two attached hydrogens (primary N) is 1. The van der Waals surface area contributed by atoms with E-state index in [0.717, 1.165) is 31.6 Å². The lowest BCUT2D eigenvalue weighted by Gasteiger charge is -2.27. The molecule has 0 unspecified atom stereocenters. The highest BCUT2D eigenvalue weighted by atomic mass is 19.1. The Kier molecular flexibility index (Phi) is 4.02. The Balaban J connectivity index is 2.07. The number of hydrogen-bond acceptors (Lipinski definition) is 2. The minimum atomic E-state index is -0.321. The summed E-state index contributed by atoms with van der Waals surface area (Å²) in [7, 11) is 0. The number of rotatable bonds is 3. The quantitative estimate of drug-likeness (QED) is 0.833. The summed E-state index contributed by atoms with van der Waals surface area (Å²) in [6.07, 6.45) is 3.19. The smallest absolute Gasteiger partial charge is 0.146 e. The number of halogens is 1. The van der Waals surface area contributed by atoms with E-state index >= 15 is 0 Å². The van der Waals surface area contributed by atoms with Gasteiger partial charge >= 0.3 is 0 Å². The van der Waals surface area contributed by atoms with Crippen molar-refractivity contribution in [2.45, 2.75) is 20.3 Å². The third-order valence-electron chi connectivity index (χ3n) is 3.29. The van der Waals surface area contributed by atoms with Gasteiger partial charge in [0.25, 0.3) is 0 Å². The molecule has 1 aliphatic rings. The fraction of sp³-hybridized carbons (Fsp3) is 0.467. The molecule has 2 nitrogen and oxygen atoms in total. The zero-order valence-electron chi connectivity index (χ0n) is 11.1. The summed E-state index contributed by atoms with van der Waals surface area (Å²) in [5.74, 6) is 0.368. The van der Waals surface area contributed by atoms with Gasteiger partial charge in [-0.15, -0.1) is 0 Å². The summed E-state index contributed by atoms with van der Waals surface area (Å²) in [5.41, 5.74) is 7.91. The Morgan fingerprint density at radius 1 is 1.39 bits per heavy atom. The fourth-order valence-electron chi connectivity index (χ4n) is 2.38. The van der Waals surface area contributed by atoms with Gasteiger partial charge in [-0.1, -0.05) is 26.0 Å². The van der Waals surface area contributed by atoms with Gasteiger partial charge in [0, 0.05) is 19.6 Å². The van der Waals surface area contributed by atoms with E-state index in [2.05, 4.69) is 24.8 Å². The number of nitrogens with zero attached hydrogens (tertiary/aromatic N) is 1. The molecule has 0 aliphatic carbocycles. The van der Waals surface area contributed by atoms with Crippen molar-refractivity contribution in [3.05, 3.63) is 35.7 Å². The van der Waals surface area contributed by atoms with Gasteiger partial charge in [0.2, 0.25) is 0 Å². The molecule has 1 heterocycles. The first-order valence-corrected chi connectivity index (χ1v) is 6.53. The maximum absolute atomic E-state index is 13.4. The molecule has 0 fully saturated rings. The monoisotopic (exact) mass is 248 g/mol. The maximum atomic E-state index is 13.4. The summed E-state index contributed by atoms with van der Waals surface area (Å²) in [6.45, 7) is 7.60. The normalized spacial score (nSPS) is 17.0. The molecule has 1 aliphatic heterocycles. The van der Waals surface area contributed by atoms with Crippen molar-refractivity contribution in [1.82, 2.24) is 4.90 Å². The zero-order valence-corrected chi connectivity index (χ0v) is 11.1. The SMILES string of the molecule is CC(C)CN1CC=C(c2ccc(N)c(F)c2)CC1. The van der Waals surface area contributed by atoms with Gasteiger partial charge in [0.15, 0.2) is 0 Å². The fourth-order valence-corrected chi connectivity index (χ4v) is 2.38. The number of anilines is 1. The maximum Gasteiger partial charge on any atom is 0.146 e. The molecule has 0 bridgehead atoms. The summed E-state index contributed by atoms with van der Waals surface area (Å²) in [4.78, 5) is 2.43. The van der Waals surface area contributed by atoms with Crippen molar-refractivity contribution in [3.8, 4) is 0 Å². The molecule has 98 valence electrons. The molecule has 0 saturated heterocycles. The van der Waals surface area contributed by atoms with Crippen molar-refractivity contribution >= 4 is 11.3 Å². The predicted octanol–water partition coefficient (Wildman–Crippen LogP) is 3.15. The summed E-state index contributed by atoms with van der Waals surface area (Å²) < 4.78 is 13.4. The molecule has 1 aromatic carbocycles. The van der Waals surface area contributed by atoms with Crippen LogP contribution < -0.4 is 5.73 Å². The molecule has 2 rings (SSSR count). The molecule has 3 heteroatoms. The highest BCUT2D eigenvalue weighted by Gasteiger charge is 2.14. The van der Waals surface area contributed by atoms with E-state index in [9.17, 15) is 4.39 Å². The van der Waals surface area contributed by atoms with Crippen molar-refractivity contribution < 1.29 is 4.39 Å². The van der Waals surface area contributed by atoms with Crippen LogP contribution in [0.25, 0.3) is 5.57 Å². The second kappa shape index (κ2) is 5.53. The molecular formula is C15H21FN2. The lowest BCUT2D eigenvalue weighted by atomic mass is 9.98. The van der Waals surface area contributed by atoms with Crippen LogP contribution in [0, 0.1) is 11.7 Å². The van der Waals surface area contributed by atoms with Gasteiger partial charge in [-0.3, -0.25) is 4.90 Å². The van der Waals surface area contributed by atoms with Crippen LogP contribution in [0.5, 0.6) is 0 Å². The van der Waals surface area contributed by atoms with Gasteiger partial charge in [-0.2, -0.15) is 0 Å². The Labute approximate surface area is 108 Å². The van der Waals surface area contributed by atoms with Crippen LogP contribution in [0.4, 0.5) is 10.1 Å². The number of nitrogen functional groups attached to an aromatic ring is 1. The summed E-state index contributed by atoms with van der Waals surface area (Å²) >= 11 is 0. The topological polar surface area (TPSA) is 29.3 Å². The van der Waals surface area contributed by atoms with Gasteiger partial charge in [-0.25, -0.2) is 4.39 Å². The lowest BCUT2D eigenvalue weighted by Crippen LogP contribution is -2.31. The first kappa shape index (κ1) is 13.1. The molecule has 0 saturated carbocycles. The molecule has 0 radical (unpaired) electrons. The molecular weight excluding hydrogens is 227 g/mol. The van der Waals surface area contributed by atoms with Gasteiger partial charge in [0.05, 0.1) is 5.69 Å². The van der Waals surface area contributed by atoms with Crippen LogP contribution in [0.15, 0.2) is 24.3 Å². The van der Waals surface area contributed by atoms with Crippen molar-refractivity contribution in [2.24, 2.45) is 5.92 Å². The van der Waals surface area contributed by atoms with Gasteiger partial charge in [0.1, 0.15) is 5.82 Å². The lowest BCUT2D eigenvalue weighted by molar-refractivity contribution is 0.268. The largest absolute Gasteiger partial charge is 0.396 e. The Morgan fingerprint density at radius 3 is 2.72 bits per heavy atom. The Hall–Kier alpha value is -1.35. The Bertz CT molecular complexity index is 452. The first-order valence-electron chi connectivity index (χ1n) is 6.53. The molecule has 0 spiro atoms. The molecule has 0 atom stereocenters. The second-order valence-electron chi connectivity index (χ2n) is 5.37. The number of hydrogen-bond donors (Lipinski definition) is 1. The molecule has 2 N–H and O–H groups in total. The number of benzene rings is 1. The molecule has 0 aromatic heterocycles. The minimum absolute atomic E-state index is 0.219. The van der Waals surface area contributed by atoms with Crippen LogP contribution in [0.1, 0.15) is 25.8 Å². The molecule has 18 heavy (non-hydrogen) atoms.